The molecule has 0 aliphatic heterocycles. The summed E-state index contributed by atoms with van der Waals surface area (Å²) < 4.78 is 0.333. The number of nitrogens with zero attached hydrogens (tertiary/aromatic N) is 2. The van der Waals surface area contributed by atoms with Crippen LogP contribution in [0.1, 0.15) is 11.8 Å². The Bertz CT molecular complexity index is 454. The van der Waals surface area contributed by atoms with Crippen LogP contribution in [0, 0.1) is 20.2 Å². The van der Waals surface area contributed by atoms with Gasteiger partial charge in [-0.05, 0) is 22.0 Å². The Balaban J connectivity index is 3.09. The van der Waals surface area contributed by atoms with Crippen molar-refractivity contribution in [3.05, 3.63) is 41.3 Å². The minimum Gasteiger partial charge on any atom is -0.259 e. The van der Waals surface area contributed by atoms with Crippen molar-refractivity contribution in [1.82, 2.24) is 0 Å². The van der Waals surface area contributed by atoms with E-state index in [2.05, 4.69) is 15.9 Å². The topological polar surface area (TPSA) is 86.3 Å². The van der Waals surface area contributed by atoms with Gasteiger partial charge in [0.2, 0.25) is 5.70 Å². The van der Waals surface area contributed by atoms with Gasteiger partial charge >= 0.3 is 5.00 Å². The van der Waals surface area contributed by atoms with Crippen molar-refractivity contribution >= 4 is 38.3 Å². The molecule has 6 nitrogen and oxygen atoms in total. The van der Waals surface area contributed by atoms with Crippen molar-refractivity contribution in [3.8, 4) is 0 Å². The molecule has 0 saturated heterocycles. The highest BCUT2D eigenvalue weighted by atomic mass is 79.9. The molecule has 0 aliphatic rings. The Morgan fingerprint density at radius 2 is 2.13 bits per heavy atom. The molecule has 0 aliphatic carbocycles. The fraction of sp³-hybridized carbons (Fsp3) is 0.143. The van der Waals surface area contributed by atoms with Gasteiger partial charge in [0.1, 0.15) is 4.47 Å². The van der Waals surface area contributed by atoms with Crippen molar-refractivity contribution in [1.29, 1.82) is 0 Å². The van der Waals surface area contributed by atoms with Crippen LogP contribution >= 0.6 is 27.3 Å². The average molecular weight is 293 g/mol. The van der Waals surface area contributed by atoms with Gasteiger partial charge in [0.25, 0.3) is 0 Å². The smallest absolute Gasteiger partial charge is 0.259 e. The second kappa shape index (κ2) is 4.49. The maximum Gasteiger partial charge on any atom is 0.338 e. The first-order valence-corrected chi connectivity index (χ1v) is 5.29. The van der Waals surface area contributed by atoms with Gasteiger partial charge in [-0.3, -0.25) is 20.2 Å². The highest BCUT2D eigenvalue weighted by Gasteiger charge is 2.17. The van der Waals surface area contributed by atoms with Gasteiger partial charge in [0.15, 0.2) is 0 Å². The molecule has 0 spiro atoms. The predicted octanol–water partition coefficient (Wildman–Crippen LogP) is 3.06. The van der Waals surface area contributed by atoms with E-state index in [0.29, 0.717) is 9.35 Å². The second-order valence-corrected chi connectivity index (χ2v) is 4.52. The summed E-state index contributed by atoms with van der Waals surface area (Å²) in [6.07, 6.45) is 1.29. The van der Waals surface area contributed by atoms with Crippen molar-refractivity contribution in [2.24, 2.45) is 0 Å². The van der Waals surface area contributed by atoms with Crippen molar-refractivity contribution in [2.75, 3.05) is 0 Å². The molecule has 1 rings (SSSR count). The number of allylic oxidation sites excluding steroid dienone is 1. The zero-order valence-electron chi connectivity index (χ0n) is 7.47. The molecule has 0 atom stereocenters. The predicted molar refractivity (Wildman–Crippen MR) is 59.3 cm³/mol. The molecule has 80 valence electrons. The van der Waals surface area contributed by atoms with Gasteiger partial charge in [0, 0.05) is 17.9 Å². The maximum absolute atomic E-state index is 10.5. The van der Waals surface area contributed by atoms with E-state index in [1.807, 2.05) is 0 Å². The normalized spacial score (nSPS) is 11.5. The Morgan fingerprint density at radius 3 is 2.53 bits per heavy atom. The summed E-state index contributed by atoms with van der Waals surface area (Å²) in [5.41, 5.74) is -0.0568. The molecule has 0 bridgehead atoms. The molecule has 0 fully saturated rings. The van der Waals surface area contributed by atoms with Gasteiger partial charge in [-0.15, -0.1) is 0 Å². The lowest BCUT2D eigenvalue weighted by molar-refractivity contribution is -0.422. The van der Waals surface area contributed by atoms with Crippen LogP contribution in [-0.4, -0.2) is 9.85 Å². The number of hydrogen-bond acceptors (Lipinski definition) is 5. The van der Waals surface area contributed by atoms with Gasteiger partial charge in [0.05, 0.1) is 9.85 Å². The summed E-state index contributed by atoms with van der Waals surface area (Å²) in [6, 6.07) is 1.48. The van der Waals surface area contributed by atoms with Gasteiger partial charge in [-0.1, -0.05) is 11.3 Å². The maximum atomic E-state index is 10.5. The van der Waals surface area contributed by atoms with E-state index in [0.717, 1.165) is 11.3 Å². The number of rotatable bonds is 3. The summed E-state index contributed by atoms with van der Waals surface area (Å²) >= 11 is 3.90. The Kier molecular flexibility index (Phi) is 3.53. The van der Waals surface area contributed by atoms with E-state index in [1.54, 1.807) is 0 Å². The molecule has 0 aromatic carbocycles. The summed E-state index contributed by atoms with van der Waals surface area (Å²) in [4.78, 5) is 20.2. The monoisotopic (exact) mass is 292 g/mol. The Morgan fingerprint density at radius 1 is 1.53 bits per heavy atom. The minimum atomic E-state index is -0.542. The Hall–Kier alpha value is -1.28. The molecular formula is C7H5BrN2O4S. The molecule has 15 heavy (non-hydrogen) atoms. The van der Waals surface area contributed by atoms with Crippen LogP contribution in [0.4, 0.5) is 5.00 Å². The number of hydrogen-bond donors (Lipinski definition) is 0. The average Bonchev–Trinajstić information content (AvgIpc) is 2.46. The van der Waals surface area contributed by atoms with Crippen LogP contribution in [0.5, 0.6) is 0 Å². The quantitative estimate of drug-likeness (QED) is 0.633. The lowest BCUT2D eigenvalue weighted by Crippen LogP contribution is -1.91. The van der Waals surface area contributed by atoms with Crippen LogP contribution in [0.3, 0.4) is 0 Å². The molecule has 0 unspecified atom stereocenters. The zero-order chi connectivity index (χ0) is 11.6. The SMILES string of the molecule is C/C(=C\c1cc(Br)c([N+](=O)[O-])s1)[N+](=O)[O-]. The largest absolute Gasteiger partial charge is 0.338 e. The summed E-state index contributed by atoms with van der Waals surface area (Å²) in [5, 5.41) is 20.8. The first-order valence-electron chi connectivity index (χ1n) is 3.68. The van der Waals surface area contributed by atoms with E-state index < -0.39 is 9.85 Å². The molecule has 1 heterocycles. The summed E-state index contributed by atoms with van der Waals surface area (Å²) in [7, 11) is 0. The minimum absolute atomic E-state index is 0.0568. The zero-order valence-corrected chi connectivity index (χ0v) is 9.87. The lowest BCUT2D eigenvalue weighted by Gasteiger charge is -1.86. The number of nitro groups is 2. The van der Waals surface area contributed by atoms with Crippen LogP contribution < -0.4 is 0 Å². The standard InChI is InChI=1S/C7H5BrN2O4S/c1-4(9(11)12)2-5-3-6(8)7(15-5)10(13)14/h2-3H,1H3/b4-2+. The van der Waals surface area contributed by atoms with Crippen molar-refractivity contribution in [2.45, 2.75) is 6.92 Å². The number of halogens is 1. The molecule has 8 heteroatoms. The molecule has 0 radical (unpaired) electrons. The van der Waals surface area contributed by atoms with Gasteiger partial charge < -0.3 is 0 Å². The van der Waals surface area contributed by atoms with Crippen LogP contribution in [-0.2, 0) is 0 Å². The van der Waals surface area contributed by atoms with Crippen molar-refractivity contribution in [3.63, 3.8) is 0 Å². The fourth-order valence-corrected chi connectivity index (χ4v) is 2.48. The molecular weight excluding hydrogens is 288 g/mol. The van der Waals surface area contributed by atoms with Crippen LogP contribution in [0.2, 0.25) is 0 Å². The Labute approximate surface area is 96.7 Å². The molecule has 1 aromatic heterocycles. The van der Waals surface area contributed by atoms with E-state index in [9.17, 15) is 20.2 Å². The third-order valence-corrected chi connectivity index (χ3v) is 3.39. The van der Waals surface area contributed by atoms with Crippen molar-refractivity contribution < 1.29 is 9.85 Å². The third kappa shape index (κ3) is 2.83. The third-order valence-electron chi connectivity index (χ3n) is 1.49. The lowest BCUT2D eigenvalue weighted by atomic mass is 10.4. The highest BCUT2D eigenvalue weighted by molar-refractivity contribution is 9.10. The molecule has 1 aromatic rings. The first kappa shape index (κ1) is 11.8. The first-order chi connectivity index (χ1) is 6.91. The number of thiophene rings is 1. The fourth-order valence-electron chi connectivity index (χ4n) is 0.831. The second-order valence-electron chi connectivity index (χ2n) is 2.60. The summed E-state index contributed by atoms with van der Waals surface area (Å²) in [5.74, 6) is 0. The van der Waals surface area contributed by atoms with Gasteiger partial charge in [-0.25, -0.2) is 0 Å². The summed E-state index contributed by atoms with van der Waals surface area (Å²) in [6.45, 7) is 1.33. The highest BCUT2D eigenvalue weighted by Crippen LogP contribution is 2.35. The molecule has 0 amide bonds. The van der Waals surface area contributed by atoms with Crippen LogP contribution in [0.15, 0.2) is 16.2 Å². The molecule has 0 N–H and O–H groups in total. The van der Waals surface area contributed by atoms with E-state index in [-0.39, 0.29) is 10.7 Å². The molecule has 0 saturated carbocycles. The van der Waals surface area contributed by atoms with Gasteiger partial charge in [-0.2, -0.15) is 0 Å². The van der Waals surface area contributed by atoms with Crippen LogP contribution in [0.25, 0.3) is 6.08 Å². The van der Waals surface area contributed by atoms with E-state index >= 15 is 0 Å². The van der Waals surface area contributed by atoms with E-state index in [4.69, 9.17) is 0 Å². The van der Waals surface area contributed by atoms with E-state index in [1.165, 1.54) is 19.1 Å².